The van der Waals surface area contributed by atoms with Crippen LogP contribution >= 0.6 is 24.0 Å². The van der Waals surface area contributed by atoms with Crippen LogP contribution < -0.4 is 5.32 Å². The smallest absolute Gasteiger partial charge is 0.410 e. The summed E-state index contributed by atoms with van der Waals surface area (Å²) >= 11 is 0. The van der Waals surface area contributed by atoms with Gasteiger partial charge in [0.15, 0.2) is 5.96 Å². The van der Waals surface area contributed by atoms with Gasteiger partial charge in [-0.3, -0.25) is 9.89 Å². The van der Waals surface area contributed by atoms with Crippen molar-refractivity contribution in [3.8, 4) is 0 Å². The minimum absolute atomic E-state index is 0. The molecule has 3 heterocycles. The number of carbonyl (C=O) groups is 1. The van der Waals surface area contributed by atoms with Crippen molar-refractivity contribution >= 4 is 36.0 Å². The largest absolute Gasteiger partial charge is 0.444 e. The first-order valence-electron chi connectivity index (χ1n) is 10.1. The van der Waals surface area contributed by atoms with Crippen molar-refractivity contribution in [1.29, 1.82) is 0 Å². The fraction of sp³-hybridized carbons (Fsp3) is 0.895. The minimum atomic E-state index is -0.455. The zero-order valence-electron chi connectivity index (χ0n) is 17.6. The second-order valence-electron chi connectivity index (χ2n) is 8.84. The van der Waals surface area contributed by atoms with Crippen LogP contribution in [0.5, 0.6) is 0 Å². The van der Waals surface area contributed by atoms with Gasteiger partial charge in [-0.1, -0.05) is 6.92 Å². The molecule has 0 radical (unpaired) electrons. The lowest BCUT2D eigenvalue weighted by Crippen LogP contribution is -2.58. The van der Waals surface area contributed by atoms with Crippen LogP contribution in [0.2, 0.25) is 0 Å². The second-order valence-corrected chi connectivity index (χ2v) is 8.84. The van der Waals surface area contributed by atoms with E-state index in [1.54, 1.807) is 0 Å². The molecule has 9 heteroatoms. The zero-order chi connectivity index (χ0) is 19.4. The Bertz CT molecular complexity index is 548. The number of hydrogen-bond acceptors (Lipinski definition) is 7. The summed E-state index contributed by atoms with van der Waals surface area (Å²) in [6, 6.07) is 0.253. The first-order valence-corrected chi connectivity index (χ1v) is 10.1. The van der Waals surface area contributed by atoms with Gasteiger partial charge in [-0.25, -0.2) is 4.79 Å². The van der Waals surface area contributed by atoms with Gasteiger partial charge in [-0.2, -0.15) is 0 Å². The van der Waals surface area contributed by atoms with Gasteiger partial charge in [0.05, 0.1) is 25.8 Å². The average Bonchev–Trinajstić information content (AvgIpc) is 3.01. The number of rotatable bonds is 4. The van der Waals surface area contributed by atoms with Gasteiger partial charge in [-0.15, -0.1) is 24.0 Å². The molecule has 0 aromatic carbocycles. The molecule has 3 aliphatic rings. The lowest BCUT2D eigenvalue weighted by molar-refractivity contribution is 0.0137. The van der Waals surface area contributed by atoms with Gasteiger partial charge in [0, 0.05) is 45.8 Å². The highest BCUT2D eigenvalue weighted by molar-refractivity contribution is 14.0. The van der Waals surface area contributed by atoms with Gasteiger partial charge < -0.3 is 24.6 Å². The highest BCUT2D eigenvalue weighted by Gasteiger charge is 2.36. The summed E-state index contributed by atoms with van der Waals surface area (Å²) in [7, 11) is 0. The Morgan fingerprint density at radius 3 is 2.68 bits per heavy atom. The predicted octanol–water partition coefficient (Wildman–Crippen LogP) is 1.45. The van der Waals surface area contributed by atoms with Gasteiger partial charge in [0.2, 0.25) is 0 Å². The number of nitrogens with one attached hydrogen (secondary N) is 1. The van der Waals surface area contributed by atoms with Crippen molar-refractivity contribution in [3.05, 3.63) is 0 Å². The molecule has 0 spiro atoms. The summed E-state index contributed by atoms with van der Waals surface area (Å²) in [5.41, 5.74) is -0.455. The zero-order valence-corrected chi connectivity index (χ0v) is 20.0. The van der Waals surface area contributed by atoms with Crippen LogP contribution in [0.1, 0.15) is 27.7 Å². The SMILES string of the molecule is CC(CNC1=NCC2CN(C(=O)OC(C)(C)C)CCN12)CN1CCOCC1.I. The number of halogens is 1. The Balaban J connectivity index is 0.00000280. The molecule has 0 aromatic rings. The standard InChI is InChI=1S/C19H35N5O3.HI/c1-15(13-22-7-9-26-10-8-22)11-20-17-21-12-16-14-23(5-6-24(16)17)18(25)27-19(2,3)4;/h15-16H,5-14H2,1-4H3,(H,20,21);1H. The third-order valence-electron chi connectivity index (χ3n) is 5.14. The number of carbonyl (C=O) groups excluding carboxylic acids is 1. The number of nitrogens with zero attached hydrogens (tertiary/aromatic N) is 4. The van der Waals surface area contributed by atoms with Crippen molar-refractivity contribution in [1.82, 2.24) is 20.0 Å². The van der Waals surface area contributed by atoms with E-state index in [9.17, 15) is 4.79 Å². The first kappa shape index (κ1) is 23.5. The number of aliphatic imine (C=N–C) groups is 1. The monoisotopic (exact) mass is 509 g/mol. The van der Waals surface area contributed by atoms with E-state index in [0.717, 1.165) is 58.4 Å². The summed E-state index contributed by atoms with van der Waals surface area (Å²) in [5.74, 6) is 1.53. The van der Waals surface area contributed by atoms with Crippen LogP contribution in [0.25, 0.3) is 0 Å². The molecule has 0 saturated carbocycles. The molecule has 1 amide bonds. The maximum atomic E-state index is 12.3. The molecule has 2 fully saturated rings. The Kier molecular flexibility index (Phi) is 8.62. The van der Waals surface area contributed by atoms with E-state index in [1.165, 1.54) is 0 Å². The lowest BCUT2D eigenvalue weighted by Gasteiger charge is -2.39. The number of ether oxygens (including phenoxy) is 2. The summed E-state index contributed by atoms with van der Waals surface area (Å²) in [6.07, 6.45) is -0.220. The fourth-order valence-corrected chi connectivity index (χ4v) is 3.78. The van der Waals surface area contributed by atoms with Crippen molar-refractivity contribution in [2.45, 2.75) is 39.3 Å². The summed E-state index contributed by atoms with van der Waals surface area (Å²) < 4.78 is 10.9. The Morgan fingerprint density at radius 2 is 2.00 bits per heavy atom. The number of hydrogen-bond donors (Lipinski definition) is 1. The number of amides is 1. The molecule has 3 aliphatic heterocycles. The third-order valence-corrected chi connectivity index (χ3v) is 5.14. The minimum Gasteiger partial charge on any atom is -0.444 e. The van der Waals surface area contributed by atoms with Crippen molar-refractivity contribution in [3.63, 3.8) is 0 Å². The predicted molar refractivity (Wildman–Crippen MR) is 120 cm³/mol. The highest BCUT2D eigenvalue weighted by atomic mass is 127. The molecule has 3 rings (SSSR count). The molecular weight excluding hydrogens is 473 g/mol. The molecule has 2 saturated heterocycles. The summed E-state index contributed by atoms with van der Waals surface area (Å²) in [6.45, 7) is 16.6. The Labute approximate surface area is 186 Å². The van der Waals surface area contributed by atoms with Crippen LogP contribution in [0.4, 0.5) is 4.79 Å². The average molecular weight is 509 g/mol. The molecule has 2 unspecified atom stereocenters. The molecule has 8 nitrogen and oxygen atoms in total. The van der Waals surface area contributed by atoms with E-state index in [2.05, 4.69) is 27.0 Å². The summed E-state index contributed by atoms with van der Waals surface area (Å²) in [4.78, 5) is 23.6. The molecule has 0 aromatic heterocycles. The normalized spacial score (nSPS) is 24.1. The molecular formula is C19H36IN5O3. The van der Waals surface area contributed by atoms with Gasteiger partial charge in [-0.05, 0) is 26.7 Å². The van der Waals surface area contributed by atoms with Crippen LogP contribution in [-0.4, -0.2) is 104 Å². The molecule has 1 N–H and O–H groups in total. The van der Waals surface area contributed by atoms with Gasteiger partial charge in [0.1, 0.15) is 5.60 Å². The maximum absolute atomic E-state index is 12.3. The van der Waals surface area contributed by atoms with Crippen molar-refractivity contribution < 1.29 is 14.3 Å². The van der Waals surface area contributed by atoms with Crippen molar-refractivity contribution in [2.75, 3.05) is 65.6 Å². The summed E-state index contributed by atoms with van der Waals surface area (Å²) in [5, 5.41) is 3.54. The van der Waals surface area contributed by atoms with E-state index in [4.69, 9.17) is 9.47 Å². The van der Waals surface area contributed by atoms with Crippen LogP contribution in [0.15, 0.2) is 4.99 Å². The van der Waals surface area contributed by atoms with E-state index >= 15 is 0 Å². The third kappa shape index (κ3) is 6.62. The van der Waals surface area contributed by atoms with E-state index in [1.807, 2.05) is 25.7 Å². The highest BCUT2D eigenvalue weighted by Crippen LogP contribution is 2.18. The first-order chi connectivity index (χ1) is 12.8. The number of morpholine rings is 1. The van der Waals surface area contributed by atoms with Gasteiger partial charge >= 0.3 is 6.09 Å². The Morgan fingerprint density at radius 1 is 1.29 bits per heavy atom. The topological polar surface area (TPSA) is 69.6 Å². The molecule has 2 atom stereocenters. The molecule has 0 bridgehead atoms. The van der Waals surface area contributed by atoms with Crippen LogP contribution in [-0.2, 0) is 9.47 Å². The number of piperazine rings is 1. The lowest BCUT2D eigenvalue weighted by atomic mass is 10.1. The Hall–Kier alpha value is -0.810. The van der Waals surface area contributed by atoms with Crippen molar-refractivity contribution in [2.24, 2.45) is 10.9 Å². The van der Waals surface area contributed by atoms with E-state index in [0.29, 0.717) is 19.0 Å². The molecule has 0 aliphatic carbocycles. The fourth-order valence-electron chi connectivity index (χ4n) is 3.78. The number of guanidine groups is 1. The van der Waals surface area contributed by atoms with E-state index < -0.39 is 5.60 Å². The maximum Gasteiger partial charge on any atom is 0.410 e. The molecule has 162 valence electrons. The van der Waals surface area contributed by atoms with Crippen LogP contribution in [0.3, 0.4) is 0 Å². The number of fused-ring (bicyclic) bond motifs is 1. The van der Waals surface area contributed by atoms with Gasteiger partial charge in [0.25, 0.3) is 0 Å². The quantitative estimate of drug-likeness (QED) is 0.579. The van der Waals surface area contributed by atoms with Crippen LogP contribution in [0, 0.1) is 5.92 Å². The second kappa shape index (κ2) is 10.3. The van der Waals surface area contributed by atoms with E-state index in [-0.39, 0.29) is 36.1 Å². The molecule has 28 heavy (non-hydrogen) atoms.